The van der Waals surface area contributed by atoms with Crippen LogP contribution in [-0.4, -0.2) is 34.7 Å². The van der Waals surface area contributed by atoms with E-state index in [-0.39, 0.29) is 5.69 Å². The number of hydrogen-bond donors (Lipinski definition) is 1. The molecule has 1 aliphatic rings. The van der Waals surface area contributed by atoms with Crippen molar-refractivity contribution in [3.8, 4) is 22.6 Å². The number of pyridine rings is 1. The van der Waals surface area contributed by atoms with Crippen molar-refractivity contribution in [1.82, 2.24) is 34.7 Å². The Morgan fingerprint density at radius 1 is 1.09 bits per heavy atom. The lowest BCUT2D eigenvalue weighted by atomic mass is 10.0. The summed E-state index contributed by atoms with van der Waals surface area (Å²) in [6.07, 6.45) is 12.1. The first kappa shape index (κ1) is 22.3. The van der Waals surface area contributed by atoms with E-state index in [9.17, 15) is 4.79 Å². The largest absolute Gasteiger partial charge is 0.328 e. The van der Waals surface area contributed by atoms with Gasteiger partial charge >= 0.3 is 5.69 Å². The van der Waals surface area contributed by atoms with Crippen molar-refractivity contribution in [2.45, 2.75) is 65.0 Å². The Hall–Kier alpha value is -3.55. The lowest BCUT2D eigenvalue weighted by Gasteiger charge is -2.10. The number of nitrogens with one attached hydrogen (secondary N) is 1. The SMILES string of the molecule is CCCCc1cn(CC2CCCC2)c(=O)n1Cc1ccc(-c2ccccc2-c2nn[nH]n2)nc1. The molecule has 1 N–H and O–H groups in total. The molecule has 0 aliphatic heterocycles. The average Bonchev–Trinajstić information content (AvgIpc) is 3.63. The van der Waals surface area contributed by atoms with E-state index in [0.29, 0.717) is 18.3 Å². The minimum atomic E-state index is 0.101. The normalized spacial score (nSPS) is 14.1. The molecule has 0 spiro atoms. The van der Waals surface area contributed by atoms with Crippen molar-refractivity contribution in [3.63, 3.8) is 0 Å². The van der Waals surface area contributed by atoms with E-state index in [4.69, 9.17) is 4.98 Å². The molecule has 0 radical (unpaired) electrons. The zero-order chi connectivity index (χ0) is 23.3. The molecule has 4 aromatic rings. The third-order valence-corrected chi connectivity index (χ3v) is 6.80. The van der Waals surface area contributed by atoms with Crippen molar-refractivity contribution in [3.05, 3.63) is 70.5 Å². The Kier molecular flexibility index (Phi) is 6.65. The van der Waals surface area contributed by atoms with Gasteiger partial charge in [0.15, 0.2) is 0 Å². The highest BCUT2D eigenvalue weighted by Gasteiger charge is 2.19. The van der Waals surface area contributed by atoms with Gasteiger partial charge in [0.25, 0.3) is 0 Å². The number of aryl methyl sites for hydroxylation is 1. The van der Waals surface area contributed by atoms with Gasteiger partial charge in [-0.2, -0.15) is 5.21 Å². The number of tetrazole rings is 1. The van der Waals surface area contributed by atoms with Crippen LogP contribution < -0.4 is 5.69 Å². The van der Waals surface area contributed by atoms with Crippen LogP contribution in [0.3, 0.4) is 0 Å². The van der Waals surface area contributed by atoms with Gasteiger partial charge in [0.05, 0.1) is 12.2 Å². The number of imidazole rings is 1. The van der Waals surface area contributed by atoms with E-state index in [0.717, 1.165) is 53.9 Å². The summed E-state index contributed by atoms with van der Waals surface area (Å²) >= 11 is 0. The van der Waals surface area contributed by atoms with Crippen LogP contribution in [0.2, 0.25) is 0 Å². The molecule has 0 amide bonds. The summed E-state index contributed by atoms with van der Waals surface area (Å²) in [5, 5.41) is 14.4. The summed E-state index contributed by atoms with van der Waals surface area (Å²) in [6.45, 7) is 3.57. The molecule has 8 heteroatoms. The molecule has 1 fully saturated rings. The highest BCUT2D eigenvalue weighted by molar-refractivity contribution is 5.78. The Morgan fingerprint density at radius 2 is 1.91 bits per heavy atom. The highest BCUT2D eigenvalue weighted by atomic mass is 16.1. The molecule has 1 aromatic carbocycles. The van der Waals surface area contributed by atoms with Crippen LogP contribution in [0.25, 0.3) is 22.6 Å². The van der Waals surface area contributed by atoms with Gasteiger partial charge in [0, 0.05) is 35.8 Å². The Balaban J connectivity index is 1.40. The van der Waals surface area contributed by atoms with E-state index >= 15 is 0 Å². The molecule has 34 heavy (non-hydrogen) atoms. The maximum atomic E-state index is 13.3. The Labute approximate surface area is 199 Å². The summed E-state index contributed by atoms with van der Waals surface area (Å²) in [7, 11) is 0. The lowest BCUT2D eigenvalue weighted by molar-refractivity contribution is 0.445. The van der Waals surface area contributed by atoms with Crippen LogP contribution >= 0.6 is 0 Å². The zero-order valence-electron chi connectivity index (χ0n) is 19.7. The first-order valence-electron chi connectivity index (χ1n) is 12.3. The van der Waals surface area contributed by atoms with Crippen LogP contribution in [0, 0.1) is 5.92 Å². The van der Waals surface area contributed by atoms with Gasteiger partial charge in [0.1, 0.15) is 0 Å². The second-order valence-corrected chi connectivity index (χ2v) is 9.23. The summed E-state index contributed by atoms with van der Waals surface area (Å²) in [4.78, 5) is 18.0. The molecule has 0 bridgehead atoms. The van der Waals surface area contributed by atoms with Gasteiger partial charge in [-0.1, -0.05) is 56.5 Å². The van der Waals surface area contributed by atoms with E-state index in [2.05, 4.69) is 39.8 Å². The molecule has 3 heterocycles. The number of H-pyrrole nitrogens is 1. The number of aromatic amines is 1. The monoisotopic (exact) mass is 457 g/mol. The summed E-state index contributed by atoms with van der Waals surface area (Å²) in [5.74, 6) is 1.17. The second-order valence-electron chi connectivity index (χ2n) is 9.23. The first-order valence-corrected chi connectivity index (χ1v) is 12.3. The maximum absolute atomic E-state index is 13.3. The molecule has 8 nitrogen and oxygen atoms in total. The fraction of sp³-hybridized carbons (Fsp3) is 0.423. The molecule has 5 rings (SSSR count). The Bertz CT molecular complexity index is 1270. The summed E-state index contributed by atoms with van der Waals surface area (Å²) < 4.78 is 3.89. The molecule has 1 aliphatic carbocycles. The minimum absolute atomic E-state index is 0.101. The first-order chi connectivity index (χ1) is 16.7. The fourth-order valence-electron chi connectivity index (χ4n) is 4.95. The van der Waals surface area contributed by atoms with Crippen molar-refractivity contribution < 1.29 is 0 Å². The van der Waals surface area contributed by atoms with E-state index in [1.165, 1.54) is 25.7 Å². The van der Waals surface area contributed by atoms with Crippen molar-refractivity contribution >= 4 is 0 Å². The average molecular weight is 458 g/mol. The molecule has 1 saturated carbocycles. The van der Waals surface area contributed by atoms with Gasteiger partial charge in [-0.15, -0.1) is 10.2 Å². The number of aromatic nitrogens is 7. The van der Waals surface area contributed by atoms with Gasteiger partial charge in [-0.25, -0.2) is 4.79 Å². The molecule has 0 atom stereocenters. The number of rotatable bonds is 9. The lowest BCUT2D eigenvalue weighted by Crippen LogP contribution is -2.27. The smallest absolute Gasteiger partial charge is 0.299 e. The van der Waals surface area contributed by atoms with Crippen LogP contribution in [-0.2, 0) is 19.5 Å². The van der Waals surface area contributed by atoms with Gasteiger partial charge in [-0.05, 0) is 48.4 Å². The van der Waals surface area contributed by atoms with Crippen molar-refractivity contribution in [1.29, 1.82) is 0 Å². The molecular weight excluding hydrogens is 426 g/mol. The van der Waals surface area contributed by atoms with Crippen LogP contribution in [0.5, 0.6) is 0 Å². The summed E-state index contributed by atoms with van der Waals surface area (Å²) in [5.41, 5.74) is 4.89. The number of hydrogen-bond acceptors (Lipinski definition) is 5. The highest BCUT2D eigenvalue weighted by Crippen LogP contribution is 2.28. The van der Waals surface area contributed by atoms with E-state index in [1.54, 1.807) is 0 Å². The second kappa shape index (κ2) is 10.2. The zero-order valence-corrected chi connectivity index (χ0v) is 19.7. The van der Waals surface area contributed by atoms with E-state index in [1.807, 2.05) is 45.7 Å². The summed E-state index contributed by atoms with van der Waals surface area (Å²) in [6, 6.07) is 11.9. The van der Waals surface area contributed by atoms with Gasteiger partial charge in [0.2, 0.25) is 5.82 Å². The quantitative estimate of drug-likeness (QED) is 0.400. The molecule has 3 aromatic heterocycles. The number of nitrogens with zero attached hydrogens (tertiary/aromatic N) is 6. The van der Waals surface area contributed by atoms with Crippen LogP contribution in [0.4, 0.5) is 0 Å². The Morgan fingerprint density at radius 3 is 2.62 bits per heavy atom. The van der Waals surface area contributed by atoms with Crippen LogP contribution in [0.15, 0.2) is 53.6 Å². The standard InChI is InChI=1S/C26H31N7O/c1-2-3-10-21-18-32(16-19-8-4-5-9-19)26(34)33(21)17-20-13-14-24(27-15-20)22-11-6-7-12-23(22)25-28-30-31-29-25/h6-7,11-15,18-19H,2-5,8-10,16-17H2,1H3,(H,28,29,30,31). The minimum Gasteiger partial charge on any atom is -0.299 e. The predicted molar refractivity (Wildman–Crippen MR) is 131 cm³/mol. The molecule has 0 saturated heterocycles. The maximum Gasteiger partial charge on any atom is 0.328 e. The predicted octanol–water partition coefficient (Wildman–Crippen LogP) is 4.47. The topological polar surface area (TPSA) is 94.3 Å². The van der Waals surface area contributed by atoms with Gasteiger partial charge < -0.3 is 0 Å². The number of benzene rings is 1. The van der Waals surface area contributed by atoms with Crippen molar-refractivity contribution in [2.24, 2.45) is 5.92 Å². The molecule has 176 valence electrons. The molecular formula is C26H31N7O. The van der Waals surface area contributed by atoms with Crippen molar-refractivity contribution in [2.75, 3.05) is 0 Å². The third-order valence-electron chi connectivity index (χ3n) is 6.80. The third kappa shape index (κ3) is 4.71. The fourth-order valence-corrected chi connectivity index (χ4v) is 4.95. The number of unbranched alkanes of at least 4 members (excludes halogenated alkanes) is 1. The van der Waals surface area contributed by atoms with Gasteiger partial charge in [-0.3, -0.25) is 14.1 Å². The van der Waals surface area contributed by atoms with E-state index < -0.39 is 0 Å². The van der Waals surface area contributed by atoms with Crippen LogP contribution in [0.1, 0.15) is 56.7 Å². The molecule has 0 unspecified atom stereocenters.